The van der Waals surface area contributed by atoms with Crippen LogP contribution >= 0.6 is 0 Å². The van der Waals surface area contributed by atoms with Gasteiger partial charge >= 0.3 is 0 Å². The van der Waals surface area contributed by atoms with E-state index in [0.717, 1.165) is 22.0 Å². The Morgan fingerprint density at radius 1 is 1.07 bits per heavy atom. The first-order valence-electron chi connectivity index (χ1n) is 9.66. The van der Waals surface area contributed by atoms with Crippen LogP contribution in [0.25, 0.3) is 10.8 Å². The summed E-state index contributed by atoms with van der Waals surface area (Å²) in [5.41, 5.74) is 2.11. The summed E-state index contributed by atoms with van der Waals surface area (Å²) in [5.74, 6) is 2.03. The molecule has 1 N–H and O–H groups in total. The van der Waals surface area contributed by atoms with Crippen molar-refractivity contribution in [3.05, 3.63) is 70.7 Å². The van der Waals surface area contributed by atoms with Crippen LogP contribution in [0, 0.1) is 20.8 Å². The minimum absolute atomic E-state index is 0.231. The molecule has 4 aromatic rings. The average Bonchev–Trinajstić information content (AvgIpc) is 3.30. The smallest absolute Gasteiger partial charge is 0.255 e. The van der Waals surface area contributed by atoms with E-state index in [4.69, 9.17) is 13.8 Å². The molecule has 0 atom stereocenters. The maximum Gasteiger partial charge on any atom is 0.255 e. The Morgan fingerprint density at radius 3 is 2.50 bits per heavy atom. The van der Waals surface area contributed by atoms with E-state index in [9.17, 15) is 4.79 Å². The third kappa shape index (κ3) is 4.17. The number of amides is 1. The summed E-state index contributed by atoms with van der Waals surface area (Å²) in [6.07, 6.45) is 0.454. The lowest BCUT2D eigenvalue weighted by molar-refractivity contribution is 0.0949. The van der Waals surface area contributed by atoms with Gasteiger partial charge in [0.1, 0.15) is 18.1 Å². The Labute approximate surface area is 173 Å². The molecule has 0 aliphatic rings. The number of nitrogens with one attached hydrogen (secondary N) is 1. The van der Waals surface area contributed by atoms with Gasteiger partial charge in [-0.1, -0.05) is 34.6 Å². The summed E-state index contributed by atoms with van der Waals surface area (Å²) in [4.78, 5) is 17.1. The SMILES string of the molecule is Cc1noc(CCNC(=O)c2cc3ccccc3cc2OCc2c(C)noc2C)n1. The van der Waals surface area contributed by atoms with E-state index in [0.29, 0.717) is 41.8 Å². The number of rotatable bonds is 7. The molecular weight excluding hydrogens is 384 g/mol. The van der Waals surface area contributed by atoms with Crippen LogP contribution in [0.2, 0.25) is 0 Å². The van der Waals surface area contributed by atoms with Crippen molar-refractivity contribution in [2.45, 2.75) is 33.8 Å². The molecule has 0 fully saturated rings. The zero-order chi connectivity index (χ0) is 21.1. The maximum atomic E-state index is 12.9. The third-order valence-electron chi connectivity index (χ3n) is 4.84. The van der Waals surface area contributed by atoms with E-state index >= 15 is 0 Å². The minimum Gasteiger partial charge on any atom is -0.488 e. The highest BCUT2D eigenvalue weighted by atomic mass is 16.5. The van der Waals surface area contributed by atoms with Crippen molar-refractivity contribution in [3.8, 4) is 5.75 Å². The lowest BCUT2D eigenvalue weighted by Gasteiger charge is -2.13. The number of hydrogen-bond donors (Lipinski definition) is 1. The Balaban J connectivity index is 1.55. The number of hydrogen-bond acceptors (Lipinski definition) is 7. The van der Waals surface area contributed by atoms with Gasteiger partial charge in [0.25, 0.3) is 5.91 Å². The van der Waals surface area contributed by atoms with Crippen LogP contribution in [-0.4, -0.2) is 27.7 Å². The van der Waals surface area contributed by atoms with Crippen molar-refractivity contribution >= 4 is 16.7 Å². The molecule has 0 spiro atoms. The minimum atomic E-state index is -0.231. The average molecular weight is 406 g/mol. The van der Waals surface area contributed by atoms with Gasteiger partial charge in [-0.15, -0.1) is 0 Å². The molecular formula is C22H22N4O4. The molecule has 2 heterocycles. The fourth-order valence-corrected chi connectivity index (χ4v) is 3.19. The van der Waals surface area contributed by atoms with Crippen molar-refractivity contribution in [2.24, 2.45) is 0 Å². The first-order valence-corrected chi connectivity index (χ1v) is 9.66. The fraction of sp³-hybridized carbons (Fsp3) is 0.273. The lowest BCUT2D eigenvalue weighted by atomic mass is 10.1. The predicted octanol–water partition coefficient (Wildman–Crippen LogP) is 3.69. The summed E-state index contributed by atoms with van der Waals surface area (Å²) < 4.78 is 16.3. The van der Waals surface area contributed by atoms with Gasteiger partial charge in [-0.2, -0.15) is 4.98 Å². The highest BCUT2D eigenvalue weighted by Crippen LogP contribution is 2.27. The first-order chi connectivity index (χ1) is 14.5. The van der Waals surface area contributed by atoms with E-state index in [1.807, 2.05) is 50.2 Å². The summed E-state index contributed by atoms with van der Waals surface area (Å²) >= 11 is 0. The zero-order valence-corrected chi connectivity index (χ0v) is 17.1. The van der Waals surface area contributed by atoms with Gasteiger partial charge in [0.15, 0.2) is 5.82 Å². The van der Waals surface area contributed by atoms with Crippen molar-refractivity contribution in [3.63, 3.8) is 0 Å². The highest BCUT2D eigenvalue weighted by Gasteiger charge is 2.17. The number of carbonyl (C=O) groups excluding carboxylic acids is 1. The molecule has 8 nitrogen and oxygen atoms in total. The highest BCUT2D eigenvalue weighted by molar-refractivity contribution is 6.01. The van der Waals surface area contributed by atoms with Crippen molar-refractivity contribution in [1.82, 2.24) is 20.6 Å². The Hall–Kier alpha value is -3.68. The van der Waals surface area contributed by atoms with Gasteiger partial charge in [0.05, 0.1) is 16.8 Å². The first kappa shape index (κ1) is 19.6. The molecule has 0 saturated heterocycles. The predicted molar refractivity (Wildman–Crippen MR) is 109 cm³/mol. The normalized spacial score (nSPS) is 11.0. The maximum absolute atomic E-state index is 12.9. The summed E-state index contributed by atoms with van der Waals surface area (Å²) in [6, 6.07) is 11.6. The van der Waals surface area contributed by atoms with Gasteiger partial charge < -0.3 is 19.1 Å². The van der Waals surface area contributed by atoms with Crippen molar-refractivity contribution < 1.29 is 18.6 Å². The Kier molecular flexibility index (Phi) is 5.47. The van der Waals surface area contributed by atoms with Crippen molar-refractivity contribution in [2.75, 3.05) is 6.54 Å². The number of aryl methyl sites for hydroxylation is 3. The van der Waals surface area contributed by atoms with E-state index in [2.05, 4.69) is 20.6 Å². The number of ether oxygens (including phenoxy) is 1. The van der Waals surface area contributed by atoms with Gasteiger partial charge in [-0.25, -0.2) is 0 Å². The molecule has 0 aliphatic heterocycles. The number of aromatic nitrogens is 3. The third-order valence-corrected chi connectivity index (χ3v) is 4.84. The number of fused-ring (bicyclic) bond motifs is 1. The molecule has 8 heteroatoms. The largest absolute Gasteiger partial charge is 0.488 e. The zero-order valence-electron chi connectivity index (χ0n) is 17.1. The monoisotopic (exact) mass is 406 g/mol. The second kappa shape index (κ2) is 8.36. The second-order valence-electron chi connectivity index (χ2n) is 7.03. The van der Waals surface area contributed by atoms with Crippen LogP contribution in [0.1, 0.15) is 39.1 Å². The molecule has 2 aromatic carbocycles. The topological polar surface area (TPSA) is 103 Å². The molecule has 0 radical (unpaired) electrons. The lowest BCUT2D eigenvalue weighted by Crippen LogP contribution is -2.26. The molecule has 154 valence electrons. The second-order valence-corrected chi connectivity index (χ2v) is 7.03. The fourth-order valence-electron chi connectivity index (χ4n) is 3.19. The van der Waals surface area contributed by atoms with E-state index in [1.165, 1.54) is 0 Å². The van der Waals surface area contributed by atoms with Gasteiger partial charge in [-0.05, 0) is 43.7 Å². The molecule has 0 bridgehead atoms. The Morgan fingerprint density at radius 2 is 1.83 bits per heavy atom. The molecule has 0 unspecified atom stereocenters. The van der Waals surface area contributed by atoms with Crippen LogP contribution in [0.4, 0.5) is 0 Å². The molecule has 2 aromatic heterocycles. The number of benzene rings is 2. The van der Waals surface area contributed by atoms with E-state index in [-0.39, 0.29) is 12.5 Å². The van der Waals surface area contributed by atoms with Crippen LogP contribution in [0.15, 0.2) is 45.4 Å². The molecule has 0 saturated carbocycles. The van der Waals surface area contributed by atoms with Gasteiger partial charge in [0.2, 0.25) is 5.89 Å². The Bertz CT molecular complexity index is 1180. The standard InChI is InChI=1S/C22H22N4O4/c1-13-19(14(2)29-25-13)12-28-20-11-17-7-5-4-6-16(17)10-18(20)22(27)23-9-8-21-24-15(3)26-30-21/h4-7,10-11H,8-9,12H2,1-3H3,(H,23,27). The molecule has 30 heavy (non-hydrogen) atoms. The van der Waals surface area contributed by atoms with Crippen LogP contribution in [-0.2, 0) is 13.0 Å². The quantitative estimate of drug-likeness (QED) is 0.499. The summed E-state index contributed by atoms with van der Waals surface area (Å²) in [5, 5.41) is 12.6. The van der Waals surface area contributed by atoms with Crippen molar-refractivity contribution in [1.29, 1.82) is 0 Å². The van der Waals surface area contributed by atoms with E-state index in [1.54, 1.807) is 6.92 Å². The van der Waals surface area contributed by atoms with Gasteiger partial charge in [0, 0.05) is 13.0 Å². The van der Waals surface area contributed by atoms with Crippen LogP contribution in [0.3, 0.4) is 0 Å². The number of carbonyl (C=O) groups is 1. The van der Waals surface area contributed by atoms with E-state index < -0.39 is 0 Å². The molecule has 0 aliphatic carbocycles. The van der Waals surface area contributed by atoms with Gasteiger partial charge in [-0.3, -0.25) is 4.79 Å². The number of nitrogens with zero attached hydrogens (tertiary/aromatic N) is 3. The van der Waals surface area contributed by atoms with Crippen LogP contribution in [0.5, 0.6) is 5.75 Å². The summed E-state index contributed by atoms with van der Waals surface area (Å²) in [6.45, 7) is 6.09. The molecule has 1 amide bonds. The van der Waals surface area contributed by atoms with Crippen LogP contribution < -0.4 is 10.1 Å². The summed E-state index contributed by atoms with van der Waals surface area (Å²) in [7, 11) is 0. The molecule has 4 rings (SSSR count).